The maximum Gasteiger partial charge on any atom is 0.261 e. The van der Waals surface area contributed by atoms with Crippen LogP contribution in [0.2, 0.25) is 0 Å². The van der Waals surface area contributed by atoms with Gasteiger partial charge in [-0.25, -0.2) is 0 Å². The van der Waals surface area contributed by atoms with Crippen LogP contribution in [0.4, 0.5) is 0 Å². The second-order valence-electron chi connectivity index (χ2n) is 6.22. The Kier molecular flexibility index (Phi) is 5.68. The Morgan fingerprint density at radius 2 is 1.79 bits per heavy atom. The van der Waals surface area contributed by atoms with E-state index in [4.69, 9.17) is 0 Å². The van der Waals surface area contributed by atoms with Crippen molar-refractivity contribution < 1.29 is 9.59 Å². The molecule has 24 heavy (non-hydrogen) atoms. The Morgan fingerprint density at radius 1 is 1.08 bits per heavy atom. The molecule has 1 aliphatic rings. The lowest BCUT2D eigenvalue weighted by molar-refractivity contribution is -0.123. The van der Waals surface area contributed by atoms with Crippen LogP contribution < -0.4 is 10.6 Å². The summed E-state index contributed by atoms with van der Waals surface area (Å²) in [6.07, 6.45) is 4.76. The van der Waals surface area contributed by atoms with Gasteiger partial charge < -0.3 is 10.6 Å². The maximum absolute atomic E-state index is 12.6. The Hall–Kier alpha value is -1.66. The maximum atomic E-state index is 12.6. The van der Waals surface area contributed by atoms with Gasteiger partial charge in [0.15, 0.2) is 0 Å². The molecular weight excluding hydrogens is 340 g/mol. The summed E-state index contributed by atoms with van der Waals surface area (Å²) < 4.78 is 0. The summed E-state index contributed by atoms with van der Waals surface area (Å²) in [5.74, 6) is 0.180. The van der Waals surface area contributed by atoms with Crippen molar-refractivity contribution in [2.45, 2.75) is 44.7 Å². The van der Waals surface area contributed by atoms with Gasteiger partial charge in [-0.05, 0) is 48.6 Å². The molecule has 1 saturated carbocycles. The number of amides is 2. The monoisotopic (exact) mass is 362 g/mol. The van der Waals surface area contributed by atoms with Crippen LogP contribution in [0.3, 0.4) is 0 Å². The highest BCUT2D eigenvalue weighted by atomic mass is 32.1. The van der Waals surface area contributed by atoms with E-state index in [0.29, 0.717) is 10.8 Å². The van der Waals surface area contributed by atoms with Crippen molar-refractivity contribution in [2.24, 2.45) is 5.92 Å². The second kappa shape index (κ2) is 7.94. The summed E-state index contributed by atoms with van der Waals surface area (Å²) >= 11 is 3.06. The van der Waals surface area contributed by atoms with Gasteiger partial charge in [0.1, 0.15) is 6.04 Å². The average Bonchev–Trinajstić information content (AvgIpc) is 3.35. The fourth-order valence-electron chi connectivity index (χ4n) is 3.20. The zero-order valence-electron chi connectivity index (χ0n) is 13.7. The molecule has 2 atom stereocenters. The lowest BCUT2D eigenvalue weighted by Gasteiger charge is -2.25. The lowest BCUT2D eigenvalue weighted by Crippen LogP contribution is -2.46. The summed E-state index contributed by atoms with van der Waals surface area (Å²) in [5.41, 5.74) is 0. The largest absolute Gasteiger partial charge is 0.346 e. The first-order valence-electron chi connectivity index (χ1n) is 8.33. The Bertz CT molecular complexity index is 661. The van der Waals surface area contributed by atoms with Gasteiger partial charge >= 0.3 is 0 Å². The third-order valence-electron chi connectivity index (χ3n) is 4.50. The molecule has 6 heteroatoms. The van der Waals surface area contributed by atoms with E-state index in [1.165, 1.54) is 29.1 Å². The summed E-state index contributed by atoms with van der Waals surface area (Å²) in [5, 5.41) is 9.86. The molecule has 4 nitrogen and oxygen atoms in total. The van der Waals surface area contributed by atoms with Gasteiger partial charge in [-0.3, -0.25) is 9.59 Å². The molecule has 0 unspecified atom stereocenters. The first kappa shape index (κ1) is 17.2. The van der Waals surface area contributed by atoms with Crippen molar-refractivity contribution in [3.8, 4) is 0 Å². The predicted molar refractivity (Wildman–Crippen MR) is 98.4 cm³/mol. The van der Waals surface area contributed by atoms with Crippen molar-refractivity contribution in [3.63, 3.8) is 0 Å². The third-order valence-corrected chi connectivity index (χ3v) is 6.33. The second-order valence-corrected chi connectivity index (χ2v) is 8.15. The molecule has 0 saturated heterocycles. The SMILES string of the molecule is C[C@@H](NC(=O)c1cccs1)C(=O)N[C@H](c1cccs1)C1CCCC1. The van der Waals surface area contributed by atoms with Crippen molar-refractivity contribution in [2.75, 3.05) is 0 Å². The highest BCUT2D eigenvalue weighted by Gasteiger charge is 2.30. The quantitative estimate of drug-likeness (QED) is 0.817. The topological polar surface area (TPSA) is 58.2 Å². The van der Waals surface area contributed by atoms with Gasteiger partial charge in [0, 0.05) is 4.88 Å². The van der Waals surface area contributed by atoms with Crippen LogP contribution in [0.1, 0.15) is 53.2 Å². The summed E-state index contributed by atoms with van der Waals surface area (Å²) in [4.78, 5) is 26.5. The number of nitrogens with one attached hydrogen (secondary N) is 2. The summed E-state index contributed by atoms with van der Waals surface area (Å²) in [6, 6.07) is 7.21. The van der Waals surface area contributed by atoms with Gasteiger partial charge in [-0.1, -0.05) is 25.0 Å². The molecule has 0 bridgehead atoms. The molecule has 2 heterocycles. The van der Waals surface area contributed by atoms with E-state index in [0.717, 1.165) is 12.8 Å². The molecule has 2 N–H and O–H groups in total. The highest BCUT2D eigenvalue weighted by Crippen LogP contribution is 2.37. The van der Waals surface area contributed by atoms with Gasteiger partial charge in [-0.15, -0.1) is 22.7 Å². The molecule has 0 radical (unpaired) electrons. The van der Waals surface area contributed by atoms with Crippen LogP contribution >= 0.6 is 22.7 Å². The van der Waals surface area contributed by atoms with Gasteiger partial charge in [0.2, 0.25) is 5.91 Å². The summed E-state index contributed by atoms with van der Waals surface area (Å²) in [6.45, 7) is 1.74. The van der Waals surface area contributed by atoms with E-state index in [1.807, 2.05) is 22.9 Å². The van der Waals surface area contributed by atoms with Crippen molar-refractivity contribution in [1.29, 1.82) is 0 Å². The van der Waals surface area contributed by atoms with Crippen molar-refractivity contribution in [1.82, 2.24) is 10.6 Å². The van der Waals surface area contributed by atoms with Gasteiger partial charge in [0.25, 0.3) is 5.91 Å². The summed E-state index contributed by atoms with van der Waals surface area (Å²) in [7, 11) is 0. The number of carbonyl (C=O) groups is 2. The number of thiophene rings is 2. The zero-order chi connectivity index (χ0) is 16.9. The smallest absolute Gasteiger partial charge is 0.261 e. The molecule has 0 aromatic carbocycles. The Morgan fingerprint density at radius 3 is 2.42 bits per heavy atom. The molecule has 1 fully saturated rings. The molecular formula is C18H22N2O2S2. The van der Waals surface area contributed by atoms with Gasteiger partial charge in [-0.2, -0.15) is 0 Å². The molecule has 0 spiro atoms. The number of hydrogen-bond donors (Lipinski definition) is 2. The Balaban J connectivity index is 1.63. The highest BCUT2D eigenvalue weighted by molar-refractivity contribution is 7.12. The Labute approximate surface area is 150 Å². The van der Waals surface area contributed by atoms with Crippen molar-refractivity contribution in [3.05, 3.63) is 44.8 Å². The minimum absolute atomic E-state index is 0.0566. The van der Waals surface area contributed by atoms with Crippen molar-refractivity contribution >= 4 is 34.5 Å². The predicted octanol–water partition coefficient (Wildman–Crippen LogP) is 3.98. The van der Waals surface area contributed by atoms with Gasteiger partial charge in [0.05, 0.1) is 10.9 Å². The number of rotatable bonds is 6. The van der Waals surface area contributed by atoms with Crippen LogP contribution in [0.5, 0.6) is 0 Å². The molecule has 3 rings (SSSR count). The average molecular weight is 363 g/mol. The number of hydrogen-bond acceptors (Lipinski definition) is 4. The standard InChI is InChI=1S/C18H22N2O2S2/c1-12(19-18(22)15-9-5-11-24-15)17(21)20-16(13-6-2-3-7-13)14-8-4-10-23-14/h4-5,8-13,16H,2-3,6-7H2,1H3,(H,19,22)(H,20,21)/t12-,16+/m1/s1. The minimum atomic E-state index is -0.552. The van der Waals surface area contributed by atoms with E-state index in [9.17, 15) is 9.59 Å². The van der Waals surface area contributed by atoms with Crippen LogP contribution in [-0.2, 0) is 4.79 Å². The number of carbonyl (C=O) groups excluding carboxylic acids is 2. The van der Waals surface area contributed by atoms with Crippen LogP contribution in [0.25, 0.3) is 0 Å². The first-order chi connectivity index (χ1) is 11.6. The molecule has 128 valence electrons. The molecule has 2 amide bonds. The van der Waals surface area contributed by atoms with Crippen LogP contribution in [-0.4, -0.2) is 17.9 Å². The van der Waals surface area contributed by atoms with Crippen LogP contribution in [0.15, 0.2) is 35.0 Å². The van der Waals surface area contributed by atoms with E-state index in [-0.39, 0.29) is 17.9 Å². The molecule has 2 aromatic heterocycles. The molecule has 0 aliphatic heterocycles. The minimum Gasteiger partial charge on any atom is -0.346 e. The van der Waals surface area contributed by atoms with E-state index >= 15 is 0 Å². The lowest BCUT2D eigenvalue weighted by atomic mass is 9.96. The van der Waals surface area contributed by atoms with E-state index in [1.54, 1.807) is 24.3 Å². The first-order valence-corrected chi connectivity index (χ1v) is 10.1. The van der Waals surface area contributed by atoms with E-state index < -0.39 is 6.04 Å². The normalized spacial score (nSPS) is 17.4. The fourth-order valence-corrected chi connectivity index (χ4v) is 4.70. The van der Waals surface area contributed by atoms with E-state index in [2.05, 4.69) is 16.7 Å². The molecule has 2 aromatic rings. The van der Waals surface area contributed by atoms with Crippen LogP contribution in [0, 0.1) is 5.92 Å². The third kappa shape index (κ3) is 4.05. The fraction of sp³-hybridized carbons (Fsp3) is 0.444. The zero-order valence-corrected chi connectivity index (χ0v) is 15.3. The molecule has 1 aliphatic carbocycles.